The van der Waals surface area contributed by atoms with Gasteiger partial charge >= 0.3 is 0 Å². The first-order chi connectivity index (χ1) is 10.6. The van der Waals surface area contributed by atoms with Crippen LogP contribution in [-0.4, -0.2) is 34.0 Å². The zero-order valence-electron chi connectivity index (χ0n) is 13.3. The molecule has 0 aliphatic heterocycles. The third-order valence-electron chi connectivity index (χ3n) is 3.17. The quantitative estimate of drug-likeness (QED) is 0.849. The van der Waals surface area contributed by atoms with E-state index in [-0.39, 0.29) is 5.91 Å². The summed E-state index contributed by atoms with van der Waals surface area (Å²) in [7, 11) is 0. The fourth-order valence-corrected chi connectivity index (χ4v) is 2.19. The minimum Gasteiger partial charge on any atom is -0.360 e. The molecule has 0 unspecified atom stereocenters. The van der Waals surface area contributed by atoms with Crippen molar-refractivity contribution in [1.82, 2.24) is 15.0 Å². The highest BCUT2D eigenvalue weighted by Crippen LogP contribution is 2.15. The molecule has 1 N–H and O–H groups in total. The molecule has 0 radical (unpaired) electrons. The Morgan fingerprint density at radius 1 is 1.23 bits per heavy atom. The molecule has 118 valence electrons. The van der Waals surface area contributed by atoms with Crippen molar-refractivity contribution in [3.63, 3.8) is 0 Å². The first-order valence-corrected chi connectivity index (χ1v) is 7.59. The van der Waals surface area contributed by atoms with E-state index in [1.165, 1.54) is 0 Å². The second-order valence-corrected chi connectivity index (χ2v) is 5.17. The Morgan fingerprint density at radius 3 is 2.45 bits per heavy atom. The van der Waals surface area contributed by atoms with Crippen LogP contribution in [0.5, 0.6) is 0 Å². The molecule has 1 amide bonds. The number of carbonyl (C=O) groups is 1. The van der Waals surface area contributed by atoms with Crippen LogP contribution in [0.3, 0.4) is 0 Å². The van der Waals surface area contributed by atoms with Gasteiger partial charge in [-0.25, -0.2) is 4.98 Å². The van der Waals surface area contributed by atoms with Crippen molar-refractivity contribution < 1.29 is 9.32 Å². The summed E-state index contributed by atoms with van der Waals surface area (Å²) in [4.78, 5) is 18.6. The van der Waals surface area contributed by atoms with Gasteiger partial charge in [-0.1, -0.05) is 19.0 Å². The van der Waals surface area contributed by atoms with E-state index >= 15 is 0 Å². The SMILES string of the molecule is CCCN(CCC)C(=O)c1ccc(Nc2cc(C)on2)nc1. The van der Waals surface area contributed by atoms with Crippen molar-refractivity contribution in [2.45, 2.75) is 33.6 Å². The molecule has 2 heterocycles. The van der Waals surface area contributed by atoms with Gasteiger partial charge in [-0.15, -0.1) is 0 Å². The predicted molar refractivity (Wildman–Crippen MR) is 85.2 cm³/mol. The number of aromatic nitrogens is 2. The van der Waals surface area contributed by atoms with Gasteiger partial charge < -0.3 is 14.7 Å². The number of nitrogens with one attached hydrogen (secondary N) is 1. The van der Waals surface area contributed by atoms with Crippen molar-refractivity contribution in [1.29, 1.82) is 0 Å². The molecular weight excluding hydrogens is 280 g/mol. The minimum absolute atomic E-state index is 0.0278. The number of amides is 1. The molecule has 2 aromatic rings. The molecule has 0 saturated heterocycles. The van der Waals surface area contributed by atoms with E-state index in [2.05, 4.69) is 29.3 Å². The highest BCUT2D eigenvalue weighted by Gasteiger charge is 2.14. The zero-order valence-corrected chi connectivity index (χ0v) is 13.3. The molecule has 2 rings (SSSR count). The van der Waals surface area contributed by atoms with Crippen molar-refractivity contribution in [3.05, 3.63) is 35.7 Å². The fourth-order valence-electron chi connectivity index (χ4n) is 2.19. The molecule has 0 saturated carbocycles. The topological polar surface area (TPSA) is 71.3 Å². The van der Waals surface area contributed by atoms with Gasteiger partial charge in [0.1, 0.15) is 11.6 Å². The number of aryl methyl sites for hydroxylation is 1. The summed E-state index contributed by atoms with van der Waals surface area (Å²) in [5.41, 5.74) is 0.601. The predicted octanol–water partition coefficient (Wildman–Crippen LogP) is 3.38. The summed E-state index contributed by atoms with van der Waals surface area (Å²) >= 11 is 0. The number of pyridine rings is 1. The largest absolute Gasteiger partial charge is 0.360 e. The van der Waals surface area contributed by atoms with Crippen LogP contribution in [0.25, 0.3) is 0 Å². The Balaban J connectivity index is 2.05. The van der Waals surface area contributed by atoms with Crippen LogP contribution in [0.2, 0.25) is 0 Å². The van der Waals surface area contributed by atoms with Crippen LogP contribution in [0.1, 0.15) is 42.8 Å². The van der Waals surface area contributed by atoms with Gasteiger partial charge in [0, 0.05) is 25.4 Å². The highest BCUT2D eigenvalue weighted by atomic mass is 16.5. The van der Waals surface area contributed by atoms with Crippen LogP contribution in [0.4, 0.5) is 11.6 Å². The number of rotatable bonds is 7. The second-order valence-electron chi connectivity index (χ2n) is 5.17. The molecular formula is C16H22N4O2. The molecule has 0 bridgehead atoms. The molecule has 6 nitrogen and oxygen atoms in total. The Hall–Kier alpha value is -2.37. The Kier molecular flexibility index (Phi) is 5.52. The first kappa shape index (κ1) is 16.0. The lowest BCUT2D eigenvalue weighted by Gasteiger charge is -2.21. The zero-order chi connectivity index (χ0) is 15.9. The molecule has 22 heavy (non-hydrogen) atoms. The maximum atomic E-state index is 12.4. The Morgan fingerprint density at radius 2 is 1.95 bits per heavy atom. The van der Waals surface area contributed by atoms with Gasteiger partial charge in [0.2, 0.25) is 0 Å². The average Bonchev–Trinajstić information content (AvgIpc) is 2.92. The second kappa shape index (κ2) is 7.59. The van der Waals surface area contributed by atoms with Gasteiger partial charge in [-0.2, -0.15) is 0 Å². The van der Waals surface area contributed by atoms with Crippen LogP contribution in [-0.2, 0) is 0 Å². The lowest BCUT2D eigenvalue weighted by molar-refractivity contribution is 0.0755. The normalized spacial score (nSPS) is 10.5. The monoisotopic (exact) mass is 302 g/mol. The summed E-state index contributed by atoms with van der Waals surface area (Å²) in [6, 6.07) is 5.33. The van der Waals surface area contributed by atoms with E-state index < -0.39 is 0 Å². The average molecular weight is 302 g/mol. The van der Waals surface area contributed by atoms with E-state index in [1.807, 2.05) is 11.8 Å². The van der Waals surface area contributed by atoms with E-state index in [1.54, 1.807) is 24.4 Å². The summed E-state index contributed by atoms with van der Waals surface area (Å²) in [5.74, 6) is 1.98. The Bertz CT molecular complexity index is 601. The van der Waals surface area contributed by atoms with Crippen molar-refractivity contribution in [3.8, 4) is 0 Å². The summed E-state index contributed by atoms with van der Waals surface area (Å²) in [6.07, 6.45) is 3.49. The summed E-state index contributed by atoms with van der Waals surface area (Å²) < 4.78 is 4.98. The van der Waals surface area contributed by atoms with Crippen LogP contribution >= 0.6 is 0 Å². The smallest absolute Gasteiger partial charge is 0.255 e. The van der Waals surface area contributed by atoms with E-state index in [9.17, 15) is 4.79 Å². The van der Waals surface area contributed by atoms with Crippen LogP contribution in [0.15, 0.2) is 28.9 Å². The third kappa shape index (κ3) is 4.07. The molecule has 2 aromatic heterocycles. The molecule has 0 aliphatic carbocycles. The van der Waals surface area contributed by atoms with E-state index in [0.717, 1.165) is 31.7 Å². The molecule has 0 fully saturated rings. The standard InChI is InChI=1S/C16H22N4O2/c1-4-8-20(9-5-2)16(21)13-6-7-14(17-11-13)18-15-10-12(3)22-19-15/h6-7,10-11H,4-5,8-9H2,1-3H3,(H,17,18,19). The van der Waals surface area contributed by atoms with Gasteiger partial charge in [-0.05, 0) is 31.9 Å². The third-order valence-corrected chi connectivity index (χ3v) is 3.17. The maximum absolute atomic E-state index is 12.4. The number of hydrogen-bond donors (Lipinski definition) is 1. The number of carbonyl (C=O) groups excluding carboxylic acids is 1. The summed E-state index contributed by atoms with van der Waals surface area (Å²) in [5, 5.41) is 6.87. The van der Waals surface area contributed by atoms with Gasteiger partial charge in [0.25, 0.3) is 5.91 Å². The van der Waals surface area contributed by atoms with Crippen molar-refractivity contribution in [2.24, 2.45) is 0 Å². The number of nitrogens with zero attached hydrogens (tertiary/aromatic N) is 3. The first-order valence-electron chi connectivity index (χ1n) is 7.59. The molecule has 0 aliphatic rings. The molecule has 0 aromatic carbocycles. The van der Waals surface area contributed by atoms with Gasteiger partial charge in [-0.3, -0.25) is 4.79 Å². The highest BCUT2D eigenvalue weighted by molar-refractivity contribution is 5.94. The van der Waals surface area contributed by atoms with Crippen molar-refractivity contribution >= 4 is 17.5 Å². The van der Waals surface area contributed by atoms with Crippen molar-refractivity contribution in [2.75, 3.05) is 18.4 Å². The molecule has 0 spiro atoms. The maximum Gasteiger partial charge on any atom is 0.255 e. The number of hydrogen-bond acceptors (Lipinski definition) is 5. The van der Waals surface area contributed by atoms with Crippen LogP contribution < -0.4 is 5.32 Å². The Labute approximate surface area is 130 Å². The number of anilines is 2. The van der Waals surface area contributed by atoms with E-state index in [4.69, 9.17) is 4.52 Å². The summed E-state index contributed by atoms with van der Waals surface area (Å²) in [6.45, 7) is 7.50. The van der Waals surface area contributed by atoms with Gasteiger partial charge in [0.05, 0.1) is 5.56 Å². The lowest BCUT2D eigenvalue weighted by Crippen LogP contribution is -2.32. The lowest BCUT2D eigenvalue weighted by atomic mass is 10.2. The molecule has 0 atom stereocenters. The van der Waals surface area contributed by atoms with Gasteiger partial charge in [0.15, 0.2) is 5.82 Å². The molecule has 6 heteroatoms. The van der Waals surface area contributed by atoms with E-state index in [0.29, 0.717) is 17.2 Å². The minimum atomic E-state index is 0.0278. The fraction of sp³-hybridized carbons (Fsp3) is 0.438. The van der Waals surface area contributed by atoms with Crippen LogP contribution in [0, 0.1) is 6.92 Å².